The smallest absolute Gasteiger partial charge is 0.220 e. The van der Waals surface area contributed by atoms with Crippen LogP contribution in [0, 0.1) is 0 Å². The van der Waals surface area contributed by atoms with Gasteiger partial charge in [-0.1, -0.05) is 29.8 Å². The van der Waals surface area contributed by atoms with Gasteiger partial charge in [0, 0.05) is 6.07 Å². The molecule has 0 radical (unpaired) electrons. The lowest BCUT2D eigenvalue weighted by Crippen LogP contribution is -2.22. The zero-order valence-electron chi connectivity index (χ0n) is 11.7. The Kier molecular flexibility index (Phi) is 4.68. The van der Waals surface area contributed by atoms with Crippen LogP contribution in [0.4, 0.5) is 0 Å². The summed E-state index contributed by atoms with van der Waals surface area (Å²) in [6, 6.07) is 13.8. The third-order valence-electron chi connectivity index (χ3n) is 3.39. The molecule has 2 heterocycles. The fraction of sp³-hybridized carbons (Fsp3) is 0.235. The lowest BCUT2D eigenvalue weighted by Gasteiger charge is -2.15. The Morgan fingerprint density at radius 2 is 1.90 bits per heavy atom. The number of ether oxygens (including phenoxy) is 1. The van der Waals surface area contributed by atoms with E-state index in [2.05, 4.69) is 44.4 Å². The molecule has 2 aromatic rings. The topological polar surface area (TPSA) is 34.1 Å². The van der Waals surface area contributed by atoms with E-state index < -0.39 is 0 Å². The van der Waals surface area contributed by atoms with E-state index in [0.29, 0.717) is 5.88 Å². The molecule has 0 amide bonds. The van der Waals surface area contributed by atoms with E-state index in [0.717, 1.165) is 36.3 Å². The van der Waals surface area contributed by atoms with Gasteiger partial charge >= 0.3 is 0 Å². The van der Waals surface area contributed by atoms with Crippen LogP contribution in [0.1, 0.15) is 18.4 Å². The van der Waals surface area contributed by atoms with E-state index in [9.17, 15) is 0 Å². The van der Waals surface area contributed by atoms with Gasteiger partial charge in [0.1, 0.15) is 10.4 Å². The van der Waals surface area contributed by atoms with Gasteiger partial charge in [-0.25, -0.2) is 4.98 Å². The van der Waals surface area contributed by atoms with Gasteiger partial charge in [0.15, 0.2) is 0 Å². The number of nitrogens with zero attached hydrogens (tertiary/aromatic N) is 1. The van der Waals surface area contributed by atoms with Crippen LogP contribution >= 0.6 is 15.9 Å². The molecule has 1 fully saturated rings. The predicted molar refractivity (Wildman–Crippen MR) is 88.5 cm³/mol. The molecule has 1 aliphatic rings. The second-order valence-electron chi connectivity index (χ2n) is 5.03. The van der Waals surface area contributed by atoms with E-state index in [1.807, 2.05) is 30.3 Å². The van der Waals surface area contributed by atoms with Gasteiger partial charge < -0.3 is 10.1 Å². The van der Waals surface area contributed by atoms with Crippen molar-refractivity contribution in [2.24, 2.45) is 0 Å². The van der Waals surface area contributed by atoms with Gasteiger partial charge in [0.05, 0.1) is 0 Å². The van der Waals surface area contributed by atoms with Crippen LogP contribution in [-0.4, -0.2) is 18.1 Å². The number of aromatic nitrogens is 1. The Balaban J connectivity index is 1.76. The lowest BCUT2D eigenvalue weighted by molar-refractivity contribution is 0.462. The van der Waals surface area contributed by atoms with Crippen molar-refractivity contribution in [2.45, 2.75) is 12.8 Å². The summed E-state index contributed by atoms with van der Waals surface area (Å²) >= 11 is 3.35. The van der Waals surface area contributed by atoms with Gasteiger partial charge in [0.2, 0.25) is 5.88 Å². The van der Waals surface area contributed by atoms with Gasteiger partial charge in [-0.3, -0.25) is 0 Å². The van der Waals surface area contributed by atoms with Crippen LogP contribution in [-0.2, 0) is 0 Å². The van der Waals surface area contributed by atoms with Gasteiger partial charge in [-0.15, -0.1) is 0 Å². The molecule has 4 heteroatoms. The van der Waals surface area contributed by atoms with Crippen molar-refractivity contribution in [1.82, 2.24) is 10.3 Å². The number of rotatable bonds is 3. The maximum absolute atomic E-state index is 5.81. The highest BCUT2D eigenvalue weighted by molar-refractivity contribution is 9.10. The summed E-state index contributed by atoms with van der Waals surface area (Å²) in [4.78, 5) is 4.28. The molecule has 1 saturated heterocycles. The number of halogens is 1. The summed E-state index contributed by atoms with van der Waals surface area (Å²) in [6.07, 6.45) is 4.51. The van der Waals surface area contributed by atoms with Crippen molar-refractivity contribution in [3.8, 4) is 11.6 Å². The van der Waals surface area contributed by atoms with Crippen molar-refractivity contribution >= 4 is 22.0 Å². The normalized spacial score (nSPS) is 14.8. The maximum atomic E-state index is 5.81. The molecule has 1 aliphatic heterocycles. The zero-order chi connectivity index (χ0) is 14.5. The highest BCUT2D eigenvalue weighted by Gasteiger charge is 2.05. The molecule has 21 heavy (non-hydrogen) atoms. The first-order valence-electron chi connectivity index (χ1n) is 7.10. The number of benzene rings is 1. The Hall–Kier alpha value is -1.65. The number of pyridine rings is 1. The molecule has 3 rings (SSSR count). The third-order valence-corrected chi connectivity index (χ3v) is 3.83. The number of piperidine rings is 1. The molecular weight excluding hydrogens is 328 g/mol. The number of hydrogen-bond acceptors (Lipinski definition) is 3. The van der Waals surface area contributed by atoms with E-state index in [1.54, 1.807) is 0 Å². The monoisotopic (exact) mass is 344 g/mol. The molecule has 0 atom stereocenters. The summed E-state index contributed by atoms with van der Waals surface area (Å²) < 4.78 is 6.58. The third kappa shape index (κ3) is 4.16. The minimum atomic E-state index is 0.594. The molecule has 0 saturated carbocycles. The first-order valence-corrected chi connectivity index (χ1v) is 7.89. The van der Waals surface area contributed by atoms with Crippen LogP contribution in [0.5, 0.6) is 11.6 Å². The second kappa shape index (κ2) is 6.87. The number of nitrogens with one attached hydrogen (secondary N) is 1. The van der Waals surface area contributed by atoms with Crippen LogP contribution < -0.4 is 10.1 Å². The quantitative estimate of drug-likeness (QED) is 0.837. The molecule has 0 spiro atoms. The molecule has 3 nitrogen and oxygen atoms in total. The lowest BCUT2D eigenvalue weighted by atomic mass is 10.0. The number of hydrogen-bond donors (Lipinski definition) is 1. The summed E-state index contributed by atoms with van der Waals surface area (Å²) in [6.45, 7) is 2.15. The van der Waals surface area contributed by atoms with Crippen molar-refractivity contribution in [1.29, 1.82) is 0 Å². The fourth-order valence-corrected chi connectivity index (χ4v) is 2.69. The average molecular weight is 345 g/mol. The Bertz CT molecular complexity index is 647. The van der Waals surface area contributed by atoms with Crippen LogP contribution in [0.3, 0.4) is 0 Å². The highest BCUT2D eigenvalue weighted by Crippen LogP contribution is 2.24. The minimum Gasteiger partial charge on any atom is -0.439 e. The summed E-state index contributed by atoms with van der Waals surface area (Å²) in [5, 5.41) is 3.37. The van der Waals surface area contributed by atoms with Crippen molar-refractivity contribution < 1.29 is 4.74 Å². The molecule has 0 unspecified atom stereocenters. The van der Waals surface area contributed by atoms with E-state index in [1.165, 1.54) is 11.1 Å². The summed E-state index contributed by atoms with van der Waals surface area (Å²) in [5.41, 5.74) is 2.67. The Morgan fingerprint density at radius 3 is 2.71 bits per heavy atom. The summed E-state index contributed by atoms with van der Waals surface area (Å²) in [7, 11) is 0. The summed E-state index contributed by atoms with van der Waals surface area (Å²) in [5.74, 6) is 1.40. The fourth-order valence-electron chi connectivity index (χ4n) is 2.36. The largest absolute Gasteiger partial charge is 0.439 e. The molecular formula is C17H17BrN2O. The molecule has 0 bridgehead atoms. The van der Waals surface area contributed by atoms with Crippen molar-refractivity contribution in [3.63, 3.8) is 0 Å². The SMILES string of the molecule is Brc1cccc(Oc2cccc(C=C3CCNCC3)c2)n1. The molecule has 1 N–H and O–H groups in total. The maximum Gasteiger partial charge on any atom is 0.220 e. The zero-order valence-corrected chi connectivity index (χ0v) is 13.3. The van der Waals surface area contributed by atoms with Crippen molar-refractivity contribution in [3.05, 3.63) is 58.2 Å². The van der Waals surface area contributed by atoms with Crippen LogP contribution in [0.2, 0.25) is 0 Å². The Labute approximate surface area is 133 Å². The van der Waals surface area contributed by atoms with E-state index >= 15 is 0 Å². The van der Waals surface area contributed by atoms with Gasteiger partial charge in [-0.05, 0) is 65.6 Å². The van der Waals surface area contributed by atoms with E-state index in [4.69, 9.17) is 4.74 Å². The van der Waals surface area contributed by atoms with Crippen LogP contribution in [0.15, 0.2) is 52.6 Å². The Morgan fingerprint density at radius 1 is 1.10 bits per heavy atom. The predicted octanol–water partition coefficient (Wildman–Crippen LogP) is 4.40. The minimum absolute atomic E-state index is 0.594. The molecule has 1 aromatic heterocycles. The van der Waals surface area contributed by atoms with Crippen LogP contribution in [0.25, 0.3) is 6.08 Å². The van der Waals surface area contributed by atoms with Gasteiger partial charge in [0.25, 0.3) is 0 Å². The highest BCUT2D eigenvalue weighted by atomic mass is 79.9. The standard InChI is InChI=1S/C17H17BrN2O/c18-16-5-2-6-17(20-16)21-15-4-1-3-14(12-15)11-13-7-9-19-10-8-13/h1-6,11-12,19H,7-10H2. The van der Waals surface area contributed by atoms with Crippen molar-refractivity contribution in [2.75, 3.05) is 13.1 Å². The average Bonchev–Trinajstić information content (AvgIpc) is 2.49. The molecule has 108 valence electrons. The first kappa shape index (κ1) is 14.3. The molecule has 1 aromatic carbocycles. The second-order valence-corrected chi connectivity index (χ2v) is 5.84. The molecule has 0 aliphatic carbocycles. The van der Waals surface area contributed by atoms with Gasteiger partial charge in [-0.2, -0.15) is 0 Å². The van der Waals surface area contributed by atoms with E-state index in [-0.39, 0.29) is 0 Å². The first-order chi connectivity index (χ1) is 10.3.